The number of hydrogen-bond donors (Lipinski definition) is 1. The predicted molar refractivity (Wildman–Crippen MR) is 125 cm³/mol. The van der Waals surface area contributed by atoms with Gasteiger partial charge in [0, 0.05) is 64.3 Å². The first-order valence-corrected chi connectivity index (χ1v) is 11.6. The molecule has 8 nitrogen and oxygen atoms in total. The van der Waals surface area contributed by atoms with E-state index in [1.807, 2.05) is 12.1 Å². The first-order valence-electron chi connectivity index (χ1n) is 11.6. The van der Waals surface area contributed by atoms with E-state index in [0.29, 0.717) is 24.6 Å². The van der Waals surface area contributed by atoms with Crippen LogP contribution in [-0.2, 0) is 17.8 Å². The Kier molecular flexibility index (Phi) is 7.68. The lowest BCUT2D eigenvalue weighted by Gasteiger charge is -2.34. The highest BCUT2D eigenvalue weighted by atomic mass is 16.5. The van der Waals surface area contributed by atoms with Gasteiger partial charge in [-0.3, -0.25) is 9.69 Å². The second-order valence-electron chi connectivity index (χ2n) is 8.71. The zero-order chi connectivity index (χ0) is 22.3. The van der Waals surface area contributed by atoms with Crippen LogP contribution in [0.1, 0.15) is 37.0 Å². The summed E-state index contributed by atoms with van der Waals surface area (Å²) in [6.07, 6.45) is 3.81. The van der Waals surface area contributed by atoms with E-state index in [4.69, 9.17) is 4.52 Å². The predicted octanol–water partition coefficient (Wildman–Crippen LogP) is 2.50. The van der Waals surface area contributed by atoms with Gasteiger partial charge < -0.3 is 19.6 Å². The molecule has 1 N–H and O–H groups in total. The maximum atomic E-state index is 12.4. The lowest BCUT2D eigenvalue weighted by molar-refractivity contribution is -0.116. The smallest absolute Gasteiger partial charge is 0.227 e. The van der Waals surface area contributed by atoms with E-state index in [-0.39, 0.29) is 5.91 Å². The molecule has 2 aliphatic rings. The Morgan fingerprint density at radius 3 is 2.53 bits per heavy atom. The molecular weight excluding hydrogens is 404 g/mol. The summed E-state index contributed by atoms with van der Waals surface area (Å²) in [4.78, 5) is 24.0. The number of nitrogens with one attached hydrogen (secondary N) is 1. The van der Waals surface area contributed by atoms with Gasteiger partial charge in [-0.15, -0.1) is 0 Å². The molecule has 8 heteroatoms. The molecule has 1 fully saturated rings. The van der Waals surface area contributed by atoms with Crippen LogP contribution < -0.4 is 5.32 Å². The number of nitrogens with zero attached hydrogens (tertiary/aromatic N) is 5. The number of carbonyl (C=O) groups excluding carboxylic acids is 1. The molecule has 1 saturated heterocycles. The van der Waals surface area contributed by atoms with Crippen LogP contribution in [-0.4, -0.2) is 83.6 Å². The molecule has 0 radical (unpaired) electrons. The van der Waals surface area contributed by atoms with Gasteiger partial charge in [0.25, 0.3) is 0 Å². The molecule has 4 rings (SSSR count). The summed E-state index contributed by atoms with van der Waals surface area (Å²) in [5.74, 6) is 1.11. The average molecular weight is 439 g/mol. The Bertz CT molecular complexity index is 915. The summed E-state index contributed by atoms with van der Waals surface area (Å²) in [6.45, 7) is 10.7. The van der Waals surface area contributed by atoms with Crippen molar-refractivity contribution in [2.24, 2.45) is 0 Å². The molecule has 0 atom stereocenters. The molecular formula is C24H34N6O2. The van der Waals surface area contributed by atoms with Gasteiger partial charge in [-0.1, -0.05) is 30.3 Å². The summed E-state index contributed by atoms with van der Waals surface area (Å²) in [7, 11) is 2.09. The summed E-state index contributed by atoms with van der Waals surface area (Å²) >= 11 is 0. The molecule has 0 aliphatic carbocycles. The van der Waals surface area contributed by atoms with Gasteiger partial charge in [0.05, 0.1) is 0 Å². The number of anilines is 1. The summed E-state index contributed by atoms with van der Waals surface area (Å²) in [5.41, 5.74) is 3.21. The molecule has 1 aromatic carbocycles. The number of aryl methyl sites for hydroxylation is 1. The summed E-state index contributed by atoms with van der Waals surface area (Å²) in [6, 6.07) is 8.16. The first kappa shape index (κ1) is 22.6. The van der Waals surface area contributed by atoms with E-state index in [9.17, 15) is 4.79 Å². The normalized spacial score (nSPS) is 18.5. The molecule has 1 aromatic heterocycles. The molecule has 0 unspecified atom stereocenters. The van der Waals surface area contributed by atoms with Gasteiger partial charge in [0.2, 0.25) is 11.8 Å². The van der Waals surface area contributed by atoms with Gasteiger partial charge in [-0.05, 0) is 43.3 Å². The Hall–Kier alpha value is -2.55. The number of aromatic nitrogens is 2. The fourth-order valence-electron chi connectivity index (χ4n) is 4.12. The third-order valence-corrected chi connectivity index (χ3v) is 6.29. The van der Waals surface area contributed by atoms with Crippen molar-refractivity contribution < 1.29 is 9.32 Å². The van der Waals surface area contributed by atoms with E-state index in [1.165, 1.54) is 5.56 Å². The molecule has 172 valence electrons. The van der Waals surface area contributed by atoms with Crippen LogP contribution in [0, 0.1) is 0 Å². The topological polar surface area (TPSA) is 77.7 Å². The highest BCUT2D eigenvalue weighted by Crippen LogP contribution is 2.19. The minimum absolute atomic E-state index is 0.0494. The Morgan fingerprint density at radius 1 is 1.09 bits per heavy atom. The maximum absolute atomic E-state index is 12.4. The van der Waals surface area contributed by atoms with Gasteiger partial charge in [-0.2, -0.15) is 4.98 Å². The minimum Gasteiger partial charge on any atom is -0.339 e. The number of carbonyl (C=O) groups is 1. The zero-order valence-corrected chi connectivity index (χ0v) is 19.2. The van der Waals surface area contributed by atoms with Crippen molar-refractivity contribution in [3.8, 4) is 0 Å². The SMILES string of the molecule is CCN1CCN(Cc2ccc(NC(=O)CCc3nc(C4=CCN(C)CC4)no3)cc2)CC1. The van der Waals surface area contributed by atoms with Gasteiger partial charge in [0.15, 0.2) is 5.82 Å². The van der Waals surface area contributed by atoms with Crippen molar-refractivity contribution in [1.82, 2.24) is 24.8 Å². The second-order valence-corrected chi connectivity index (χ2v) is 8.71. The van der Waals surface area contributed by atoms with E-state index >= 15 is 0 Å². The van der Waals surface area contributed by atoms with E-state index in [0.717, 1.165) is 70.0 Å². The van der Waals surface area contributed by atoms with Gasteiger partial charge >= 0.3 is 0 Å². The quantitative estimate of drug-likeness (QED) is 0.678. The maximum Gasteiger partial charge on any atom is 0.227 e. The molecule has 0 spiro atoms. The molecule has 1 amide bonds. The summed E-state index contributed by atoms with van der Waals surface area (Å²) < 4.78 is 5.34. The second kappa shape index (κ2) is 10.8. The van der Waals surface area contributed by atoms with Crippen LogP contribution >= 0.6 is 0 Å². The van der Waals surface area contributed by atoms with Crippen LogP contribution in [0.15, 0.2) is 34.9 Å². The van der Waals surface area contributed by atoms with Crippen LogP contribution in [0.25, 0.3) is 5.57 Å². The van der Waals surface area contributed by atoms with Crippen molar-refractivity contribution in [2.45, 2.75) is 32.7 Å². The fraction of sp³-hybridized carbons (Fsp3) is 0.542. The number of piperazine rings is 1. The van der Waals surface area contributed by atoms with E-state index < -0.39 is 0 Å². The fourth-order valence-corrected chi connectivity index (χ4v) is 4.12. The van der Waals surface area contributed by atoms with Crippen LogP contribution in [0.4, 0.5) is 5.69 Å². The van der Waals surface area contributed by atoms with Crippen molar-refractivity contribution >= 4 is 17.2 Å². The highest BCUT2D eigenvalue weighted by molar-refractivity contribution is 5.90. The highest BCUT2D eigenvalue weighted by Gasteiger charge is 2.17. The van der Waals surface area contributed by atoms with Crippen molar-refractivity contribution in [3.63, 3.8) is 0 Å². The van der Waals surface area contributed by atoms with Gasteiger partial charge in [-0.25, -0.2) is 0 Å². The molecule has 0 saturated carbocycles. The molecule has 32 heavy (non-hydrogen) atoms. The lowest BCUT2D eigenvalue weighted by atomic mass is 10.1. The monoisotopic (exact) mass is 438 g/mol. The third kappa shape index (κ3) is 6.25. The summed E-state index contributed by atoms with van der Waals surface area (Å²) in [5, 5.41) is 7.05. The molecule has 2 aromatic rings. The largest absolute Gasteiger partial charge is 0.339 e. The lowest BCUT2D eigenvalue weighted by Crippen LogP contribution is -2.45. The number of rotatable bonds is 8. The number of likely N-dealkylation sites (N-methyl/N-ethyl adjacent to an activating group) is 2. The molecule has 0 bridgehead atoms. The van der Waals surface area contributed by atoms with Crippen LogP contribution in [0.2, 0.25) is 0 Å². The Morgan fingerprint density at radius 2 is 1.84 bits per heavy atom. The standard InChI is InChI=1S/C24H34N6O2/c1-3-29-14-16-30(17-15-29)18-19-4-6-21(7-5-19)25-22(31)8-9-23-26-24(27-32-23)20-10-12-28(2)13-11-20/h4-7,10H,3,8-9,11-18H2,1-2H3,(H,25,31). The molecule has 3 heterocycles. The first-order chi connectivity index (χ1) is 15.6. The van der Waals surface area contributed by atoms with Crippen molar-refractivity contribution in [3.05, 3.63) is 47.6 Å². The molecule has 2 aliphatic heterocycles. The van der Waals surface area contributed by atoms with E-state index in [2.05, 4.69) is 62.3 Å². The van der Waals surface area contributed by atoms with Gasteiger partial charge in [0.1, 0.15) is 0 Å². The average Bonchev–Trinajstić information content (AvgIpc) is 3.29. The Balaban J connectivity index is 1.21. The number of amides is 1. The third-order valence-electron chi connectivity index (χ3n) is 6.29. The van der Waals surface area contributed by atoms with Crippen molar-refractivity contribution in [2.75, 3.05) is 58.2 Å². The zero-order valence-electron chi connectivity index (χ0n) is 19.2. The van der Waals surface area contributed by atoms with Crippen LogP contribution in [0.3, 0.4) is 0 Å². The van der Waals surface area contributed by atoms with Crippen LogP contribution in [0.5, 0.6) is 0 Å². The number of benzene rings is 1. The number of hydrogen-bond acceptors (Lipinski definition) is 7. The van der Waals surface area contributed by atoms with E-state index in [1.54, 1.807) is 0 Å². The Labute approximate surface area is 190 Å². The van der Waals surface area contributed by atoms with Crippen molar-refractivity contribution in [1.29, 1.82) is 0 Å². The minimum atomic E-state index is -0.0494.